The van der Waals surface area contributed by atoms with Gasteiger partial charge in [0.05, 0.1) is 10.6 Å². The molecule has 2 aromatic rings. The van der Waals surface area contributed by atoms with Gasteiger partial charge in [0, 0.05) is 31.9 Å². The Kier molecular flexibility index (Phi) is 5.62. The van der Waals surface area contributed by atoms with Crippen LogP contribution in [0, 0.1) is 6.92 Å². The number of nitrogens with zero attached hydrogens (tertiary/aromatic N) is 1. The van der Waals surface area contributed by atoms with Gasteiger partial charge in [-0.1, -0.05) is 17.7 Å². The van der Waals surface area contributed by atoms with Crippen LogP contribution in [0.3, 0.4) is 0 Å². The fourth-order valence-corrected chi connectivity index (χ4v) is 3.40. The minimum absolute atomic E-state index is 0.0777. The number of carbonyl (C=O) groups excluding carboxylic acids is 1. The van der Waals surface area contributed by atoms with Crippen LogP contribution in [-0.2, 0) is 14.6 Å². The SMILES string of the molecule is Cc1ccc(S(=O)(=O)CCC(=O)Nc2ccc(N(C)C)cc2)cc1. The van der Waals surface area contributed by atoms with Crippen LogP contribution in [0.1, 0.15) is 12.0 Å². The molecular weight excluding hydrogens is 324 g/mol. The van der Waals surface area contributed by atoms with E-state index in [1.54, 1.807) is 36.4 Å². The molecule has 0 heterocycles. The Morgan fingerprint density at radius 1 is 1.00 bits per heavy atom. The standard InChI is InChI=1S/C18H22N2O3S/c1-14-4-10-17(11-5-14)24(22,23)13-12-18(21)19-15-6-8-16(9-7-15)20(2)3/h4-11H,12-13H2,1-3H3,(H,19,21). The number of hydrogen-bond donors (Lipinski definition) is 1. The van der Waals surface area contributed by atoms with Gasteiger partial charge in [-0.3, -0.25) is 4.79 Å². The van der Waals surface area contributed by atoms with Gasteiger partial charge in [0.1, 0.15) is 0 Å². The number of nitrogens with one attached hydrogen (secondary N) is 1. The zero-order valence-corrected chi connectivity index (χ0v) is 14.9. The van der Waals surface area contributed by atoms with Crippen LogP contribution in [0.15, 0.2) is 53.4 Å². The van der Waals surface area contributed by atoms with Crippen molar-refractivity contribution in [1.82, 2.24) is 0 Å². The topological polar surface area (TPSA) is 66.5 Å². The zero-order chi connectivity index (χ0) is 17.7. The van der Waals surface area contributed by atoms with Crippen LogP contribution in [-0.4, -0.2) is 34.2 Å². The Labute approximate surface area is 143 Å². The van der Waals surface area contributed by atoms with Crippen LogP contribution < -0.4 is 10.2 Å². The van der Waals surface area contributed by atoms with Crippen molar-refractivity contribution < 1.29 is 13.2 Å². The number of aryl methyl sites for hydroxylation is 1. The number of benzene rings is 2. The second-order valence-corrected chi connectivity index (χ2v) is 7.98. The van der Waals surface area contributed by atoms with Crippen LogP contribution in [0.5, 0.6) is 0 Å². The minimum Gasteiger partial charge on any atom is -0.378 e. The third-order valence-corrected chi connectivity index (χ3v) is 5.38. The smallest absolute Gasteiger partial charge is 0.225 e. The van der Waals surface area contributed by atoms with E-state index in [2.05, 4.69) is 5.32 Å². The molecule has 1 amide bonds. The average molecular weight is 346 g/mol. The molecule has 5 nitrogen and oxygen atoms in total. The van der Waals surface area contributed by atoms with Crippen molar-refractivity contribution in [3.63, 3.8) is 0 Å². The highest BCUT2D eigenvalue weighted by atomic mass is 32.2. The van der Waals surface area contributed by atoms with E-state index in [1.165, 1.54) is 0 Å². The predicted molar refractivity (Wildman–Crippen MR) is 97.2 cm³/mol. The third kappa shape index (κ3) is 4.83. The van der Waals surface area contributed by atoms with E-state index in [1.807, 2.05) is 38.1 Å². The zero-order valence-electron chi connectivity index (χ0n) is 14.1. The van der Waals surface area contributed by atoms with Crippen molar-refractivity contribution in [2.24, 2.45) is 0 Å². The molecular formula is C18H22N2O3S. The van der Waals surface area contributed by atoms with E-state index in [4.69, 9.17) is 0 Å². The van der Waals surface area contributed by atoms with Crippen molar-refractivity contribution in [3.8, 4) is 0 Å². The van der Waals surface area contributed by atoms with Crippen molar-refractivity contribution >= 4 is 27.1 Å². The Hall–Kier alpha value is -2.34. The monoisotopic (exact) mass is 346 g/mol. The van der Waals surface area contributed by atoms with Gasteiger partial charge in [-0.25, -0.2) is 8.42 Å². The van der Waals surface area contributed by atoms with Gasteiger partial charge >= 0.3 is 0 Å². The predicted octanol–water partition coefficient (Wildman–Crippen LogP) is 2.86. The lowest BCUT2D eigenvalue weighted by Gasteiger charge is -2.13. The van der Waals surface area contributed by atoms with Gasteiger partial charge < -0.3 is 10.2 Å². The first-order valence-electron chi connectivity index (χ1n) is 7.64. The molecule has 24 heavy (non-hydrogen) atoms. The number of anilines is 2. The Balaban J connectivity index is 1.93. The van der Waals surface area contributed by atoms with Crippen molar-refractivity contribution in [3.05, 3.63) is 54.1 Å². The summed E-state index contributed by atoms with van der Waals surface area (Å²) in [4.78, 5) is 14.2. The summed E-state index contributed by atoms with van der Waals surface area (Å²) < 4.78 is 24.5. The van der Waals surface area contributed by atoms with Crippen molar-refractivity contribution in [1.29, 1.82) is 0 Å². The molecule has 128 valence electrons. The van der Waals surface area contributed by atoms with Crippen molar-refractivity contribution in [2.45, 2.75) is 18.2 Å². The lowest BCUT2D eigenvalue weighted by atomic mass is 10.2. The lowest BCUT2D eigenvalue weighted by Crippen LogP contribution is -2.17. The van der Waals surface area contributed by atoms with E-state index in [9.17, 15) is 13.2 Å². The molecule has 0 aromatic heterocycles. The summed E-state index contributed by atoms with van der Waals surface area (Å²) >= 11 is 0. The first kappa shape index (κ1) is 18.0. The van der Waals surface area contributed by atoms with E-state index in [-0.39, 0.29) is 23.0 Å². The van der Waals surface area contributed by atoms with Crippen LogP contribution >= 0.6 is 0 Å². The summed E-state index contributed by atoms with van der Waals surface area (Å²) in [5, 5.41) is 2.72. The van der Waals surface area contributed by atoms with Gasteiger partial charge in [-0.05, 0) is 43.3 Å². The molecule has 0 radical (unpaired) electrons. The van der Waals surface area contributed by atoms with Gasteiger partial charge in [0.15, 0.2) is 9.84 Å². The molecule has 0 bridgehead atoms. The molecule has 6 heteroatoms. The summed E-state index contributed by atoms with van der Waals surface area (Å²) in [5.74, 6) is -0.527. The Morgan fingerprint density at radius 2 is 1.58 bits per heavy atom. The molecule has 0 atom stereocenters. The fraction of sp³-hybridized carbons (Fsp3) is 0.278. The minimum atomic E-state index is -3.45. The molecule has 0 aliphatic rings. The summed E-state index contributed by atoms with van der Waals surface area (Å²) in [6, 6.07) is 14.0. The Morgan fingerprint density at radius 3 is 2.12 bits per heavy atom. The summed E-state index contributed by atoms with van der Waals surface area (Å²) in [6.07, 6.45) is -0.0777. The Bertz CT molecular complexity index is 795. The van der Waals surface area contributed by atoms with Crippen LogP contribution in [0.2, 0.25) is 0 Å². The van der Waals surface area contributed by atoms with Gasteiger partial charge in [0.25, 0.3) is 0 Å². The van der Waals surface area contributed by atoms with Crippen molar-refractivity contribution in [2.75, 3.05) is 30.1 Å². The largest absolute Gasteiger partial charge is 0.378 e. The molecule has 0 aliphatic heterocycles. The van der Waals surface area contributed by atoms with Crippen LogP contribution in [0.4, 0.5) is 11.4 Å². The average Bonchev–Trinajstić information content (AvgIpc) is 2.54. The molecule has 0 saturated carbocycles. The molecule has 0 unspecified atom stereocenters. The number of amides is 1. The second kappa shape index (κ2) is 7.49. The number of carbonyl (C=O) groups is 1. The van der Waals surface area contributed by atoms with Gasteiger partial charge in [-0.2, -0.15) is 0 Å². The van der Waals surface area contributed by atoms with E-state index < -0.39 is 9.84 Å². The lowest BCUT2D eigenvalue weighted by molar-refractivity contribution is -0.115. The molecule has 0 fully saturated rings. The van der Waals surface area contributed by atoms with Gasteiger partial charge in [0.2, 0.25) is 5.91 Å². The van der Waals surface area contributed by atoms with E-state index >= 15 is 0 Å². The molecule has 0 saturated heterocycles. The molecule has 1 N–H and O–H groups in total. The normalized spacial score (nSPS) is 11.1. The number of sulfone groups is 1. The van der Waals surface area contributed by atoms with Gasteiger partial charge in [-0.15, -0.1) is 0 Å². The third-order valence-electron chi connectivity index (χ3n) is 3.65. The summed E-state index contributed by atoms with van der Waals surface area (Å²) in [6.45, 7) is 1.89. The number of rotatable bonds is 6. The van der Waals surface area contributed by atoms with E-state index in [0.717, 1.165) is 11.3 Å². The maximum Gasteiger partial charge on any atom is 0.225 e. The first-order valence-corrected chi connectivity index (χ1v) is 9.30. The summed E-state index contributed by atoms with van der Waals surface area (Å²) in [5.41, 5.74) is 2.67. The molecule has 2 rings (SSSR count). The fourth-order valence-electron chi connectivity index (χ4n) is 2.16. The maximum atomic E-state index is 12.2. The second-order valence-electron chi connectivity index (χ2n) is 5.87. The van der Waals surface area contributed by atoms with Crippen LogP contribution in [0.25, 0.3) is 0 Å². The van der Waals surface area contributed by atoms with E-state index in [0.29, 0.717) is 5.69 Å². The highest BCUT2D eigenvalue weighted by molar-refractivity contribution is 7.91. The first-order chi connectivity index (χ1) is 11.3. The molecule has 0 spiro atoms. The highest BCUT2D eigenvalue weighted by Gasteiger charge is 2.16. The quantitative estimate of drug-likeness (QED) is 0.873. The molecule has 2 aromatic carbocycles. The highest BCUT2D eigenvalue weighted by Crippen LogP contribution is 2.17. The maximum absolute atomic E-state index is 12.2. The molecule has 0 aliphatic carbocycles. The number of hydrogen-bond acceptors (Lipinski definition) is 4. The summed E-state index contributed by atoms with van der Waals surface area (Å²) in [7, 11) is 0.418.